The van der Waals surface area contributed by atoms with Gasteiger partial charge in [-0.2, -0.15) is 0 Å². The number of pyridine rings is 2. The molecule has 6 rings (SSSR count). The van der Waals surface area contributed by atoms with Crippen molar-refractivity contribution >= 4 is 16.8 Å². The molecule has 0 saturated heterocycles. The Morgan fingerprint density at radius 2 is 1.55 bits per heavy atom. The molecule has 0 bridgehead atoms. The number of hydrogen-bond donors (Lipinski definition) is 3. The standard InChI is InChI=1S/C32H24N4O2/c37-31(35-20-25-9-4-5-17-33-25)24-15-16-28-27(19-24)29(30(36-28)26-10-6-18-34-32(26)38)23-13-11-22(12-14-23)21-7-2-1-3-8-21/h1-19,36H,20H2,(H,34,38)(H,35,37). The first-order chi connectivity index (χ1) is 18.7. The number of aromatic amines is 2. The molecule has 6 heteroatoms. The predicted molar refractivity (Wildman–Crippen MR) is 151 cm³/mol. The minimum Gasteiger partial charge on any atom is -0.354 e. The molecular formula is C32H24N4O2. The van der Waals surface area contributed by atoms with Gasteiger partial charge in [0.25, 0.3) is 11.5 Å². The van der Waals surface area contributed by atoms with Crippen LogP contribution in [0.15, 0.2) is 120 Å². The summed E-state index contributed by atoms with van der Waals surface area (Å²) in [6.07, 6.45) is 3.32. The van der Waals surface area contributed by atoms with Gasteiger partial charge in [0.2, 0.25) is 0 Å². The van der Waals surface area contributed by atoms with E-state index < -0.39 is 0 Å². The smallest absolute Gasteiger partial charge is 0.257 e. The second kappa shape index (κ2) is 10.0. The van der Waals surface area contributed by atoms with E-state index in [0.717, 1.165) is 38.9 Å². The van der Waals surface area contributed by atoms with E-state index in [0.29, 0.717) is 23.4 Å². The summed E-state index contributed by atoms with van der Waals surface area (Å²) >= 11 is 0. The van der Waals surface area contributed by atoms with Crippen LogP contribution in [0, 0.1) is 0 Å². The van der Waals surface area contributed by atoms with Crippen LogP contribution in [-0.4, -0.2) is 20.9 Å². The zero-order valence-electron chi connectivity index (χ0n) is 20.4. The molecule has 38 heavy (non-hydrogen) atoms. The minimum atomic E-state index is -0.191. The van der Waals surface area contributed by atoms with Crippen LogP contribution >= 0.6 is 0 Å². The van der Waals surface area contributed by atoms with Gasteiger partial charge >= 0.3 is 0 Å². The van der Waals surface area contributed by atoms with Crippen molar-refractivity contribution in [2.24, 2.45) is 0 Å². The zero-order chi connectivity index (χ0) is 25.9. The summed E-state index contributed by atoms with van der Waals surface area (Å²) in [5.41, 5.74) is 7.26. The Kier molecular flexibility index (Phi) is 6.12. The Balaban J connectivity index is 1.44. The summed E-state index contributed by atoms with van der Waals surface area (Å²) in [5, 5.41) is 3.81. The molecule has 184 valence electrons. The Bertz CT molecular complexity index is 1790. The quantitative estimate of drug-likeness (QED) is 0.257. The number of carbonyl (C=O) groups is 1. The van der Waals surface area contributed by atoms with Gasteiger partial charge in [0.1, 0.15) is 0 Å². The number of nitrogens with one attached hydrogen (secondary N) is 3. The van der Waals surface area contributed by atoms with Crippen LogP contribution in [0.5, 0.6) is 0 Å². The minimum absolute atomic E-state index is 0.186. The van der Waals surface area contributed by atoms with Gasteiger partial charge in [0, 0.05) is 34.4 Å². The largest absolute Gasteiger partial charge is 0.354 e. The molecule has 3 heterocycles. The monoisotopic (exact) mass is 496 g/mol. The van der Waals surface area contributed by atoms with Crippen LogP contribution in [0.3, 0.4) is 0 Å². The number of amides is 1. The van der Waals surface area contributed by atoms with Crippen molar-refractivity contribution in [3.05, 3.63) is 137 Å². The normalized spacial score (nSPS) is 10.9. The highest BCUT2D eigenvalue weighted by molar-refractivity contribution is 6.07. The van der Waals surface area contributed by atoms with E-state index >= 15 is 0 Å². The molecule has 6 aromatic rings. The molecule has 0 aliphatic carbocycles. The van der Waals surface area contributed by atoms with Crippen LogP contribution in [0.25, 0.3) is 44.4 Å². The van der Waals surface area contributed by atoms with Gasteiger partial charge in [0.05, 0.1) is 23.5 Å². The van der Waals surface area contributed by atoms with Crippen LogP contribution in [0.2, 0.25) is 0 Å². The van der Waals surface area contributed by atoms with E-state index in [-0.39, 0.29) is 11.5 Å². The van der Waals surface area contributed by atoms with Gasteiger partial charge in [-0.25, -0.2) is 0 Å². The Morgan fingerprint density at radius 3 is 2.32 bits per heavy atom. The van der Waals surface area contributed by atoms with Gasteiger partial charge in [-0.1, -0.05) is 60.7 Å². The lowest BCUT2D eigenvalue weighted by Crippen LogP contribution is -2.23. The molecule has 0 saturated carbocycles. The second-order valence-electron chi connectivity index (χ2n) is 9.00. The number of H-pyrrole nitrogens is 2. The second-order valence-corrected chi connectivity index (χ2v) is 9.00. The summed E-state index contributed by atoms with van der Waals surface area (Å²) < 4.78 is 0. The summed E-state index contributed by atoms with van der Waals surface area (Å²) in [7, 11) is 0. The number of carbonyl (C=O) groups excluding carboxylic acids is 1. The lowest BCUT2D eigenvalue weighted by molar-refractivity contribution is 0.0950. The molecule has 0 aliphatic heterocycles. The maximum absolute atomic E-state index is 13.0. The highest BCUT2D eigenvalue weighted by Crippen LogP contribution is 2.38. The van der Waals surface area contributed by atoms with E-state index in [4.69, 9.17) is 0 Å². The van der Waals surface area contributed by atoms with Gasteiger partial charge in [-0.05, 0) is 59.2 Å². The Hall–Kier alpha value is -5.23. The third-order valence-electron chi connectivity index (χ3n) is 6.59. The van der Waals surface area contributed by atoms with Crippen LogP contribution in [0.1, 0.15) is 16.1 Å². The topological polar surface area (TPSA) is 90.6 Å². The van der Waals surface area contributed by atoms with E-state index in [9.17, 15) is 9.59 Å². The summed E-state index contributed by atoms with van der Waals surface area (Å²) in [6, 6.07) is 33.2. The van der Waals surface area contributed by atoms with Gasteiger partial charge < -0.3 is 15.3 Å². The highest BCUT2D eigenvalue weighted by Gasteiger charge is 2.19. The maximum Gasteiger partial charge on any atom is 0.257 e. The fraction of sp³-hybridized carbons (Fsp3) is 0.0312. The number of nitrogens with zero attached hydrogens (tertiary/aromatic N) is 1. The molecule has 0 atom stereocenters. The first-order valence-electron chi connectivity index (χ1n) is 12.3. The molecule has 3 aromatic carbocycles. The van der Waals surface area contributed by atoms with Crippen molar-refractivity contribution in [2.75, 3.05) is 0 Å². The number of benzene rings is 3. The van der Waals surface area contributed by atoms with Crippen molar-refractivity contribution in [3.63, 3.8) is 0 Å². The van der Waals surface area contributed by atoms with Crippen molar-refractivity contribution in [1.29, 1.82) is 0 Å². The number of aromatic nitrogens is 3. The van der Waals surface area contributed by atoms with Gasteiger partial charge in [-0.3, -0.25) is 14.6 Å². The molecule has 0 fully saturated rings. The average molecular weight is 497 g/mol. The van der Waals surface area contributed by atoms with Crippen molar-refractivity contribution < 1.29 is 4.79 Å². The molecule has 0 aliphatic rings. The number of fused-ring (bicyclic) bond motifs is 1. The Labute approximate surface area is 219 Å². The van der Waals surface area contributed by atoms with Gasteiger partial charge in [-0.15, -0.1) is 0 Å². The third kappa shape index (κ3) is 4.51. The van der Waals surface area contributed by atoms with Crippen LogP contribution < -0.4 is 10.9 Å². The first-order valence-corrected chi connectivity index (χ1v) is 12.3. The average Bonchev–Trinajstić information content (AvgIpc) is 3.36. The van der Waals surface area contributed by atoms with E-state index in [1.807, 2.05) is 48.5 Å². The lowest BCUT2D eigenvalue weighted by Gasteiger charge is -2.08. The molecule has 0 spiro atoms. The van der Waals surface area contributed by atoms with E-state index in [1.165, 1.54) is 0 Å². The molecule has 0 radical (unpaired) electrons. The molecule has 3 aromatic heterocycles. The molecule has 6 nitrogen and oxygen atoms in total. The van der Waals surface area contributed by atoms with E-state index in [2.05, 4.69) is 56.7 Å². The lowest BCUT2D eigenvalue weighted by atomic mass is 9.96. The van der Waals surface area contributed by atoms with Gasteiger partial charge in [0.15, 0.2) is 0 Å². The third-order valence-corrected chi connectivity index (χ3v) is 6.59. The summed E-state index contributed by atoms with van der Waals surface area (Å²) in [4.78, 5) is 36.3. The molecule has 0 unspecified atom stereocenters. The van der Waals surface area contributed by atoms with E-state index in [1.54, 1.807) is 30.6 Å². The fourth-order valence-electron chi connectivity index (χ4n) is 4.69. The highest BCUT2D eigenvalue weighted by atomic mass is 16.1. The SMILES string of the molecule is O=C(NCc1ccccn1)c1ccc2[nH]c(-c3ccc[nH]c3=O)c(-c3ccc(-c4ccccc4)cc3)c2c1. The number of hydrogen-bond acceptors (Lipinski definition) is 3. The summed E-state index contributed by atoms with van der Waals surface area (Å²) in [6.45, 7) is 0.337. The number of rotatable bonds is 6. The zero-order valence-corrected chi connectivity index (χ0v) is 20.4. The molecule has 3 N–H and O–H groups in total. The first kappa shape index (κ1) is 23.2. The van der Waals surface area contributed by atoms with Crippen LogP contribution in [0.4, 0.5) is 0 Å². The fourth-order valence-corrected chi connectivity index (χ4v) is 4.69. The molecule has 1 amide bonds. The van der Waals surface area contributed by atoms with Crippen LogP contribution in [-0.2, 0) is 6.54 Å². The predicted octanol–water partition coefficient (Wildman–Crippen LogP) is 6.18. The Morgan fingerprint density at radius 1 is 0.789 bits per heavy atom. The molecular weight excluding hydrogens is 472 g/mol. The maximum atomic E-state index is 13.0. The van der Waals surface area contributed by atoms with Crippen molar-refractivity contribution in [2.45, 2.75) is 6.54 Å². The van der Waals surface area contributed by atoms with Crippen molar-refractivity contribution in [1.82, 2.24) is 20.3 Å². The van der Waals surface area contributed by atoms with Crippen molar-refractivity contribution in [3.8, 4) is 33.5 Å². The summed E-state index contributed by atoms with van der Waals surface area (Å²) in [5.74, 6) is -0.191.